The largest absolute Gasteiger partial charge is 0.338 e. The molecule has 1 aliphatic heterocycles. The van der Waals surface area contributed by atoms with Gasteiger partial charge in [-0.3, -0.25) is 4.79 Å². The molecule has 1 atom stereocenters. The minimum Gasteiger partial charge on any atom is -0.338 e. The van der Waals surface area contributed by atoms with Crippen molar-refractivity contribution in [3.8, 4) is 0 Å². The fraction of sp³-hybridized carbons (Fsp3) is 0.625. The van der Waals surface area contributed by atoms with E-state index in [1.54, 1.807) is 6.20 Å². The number of rotatable bonds is 3. The molecule has 2 heterocycles. The number of nitrogens with two attached hydrogens (primary N) is 1. The van der Waals surface area contributed by atoms with Crippen molar-refractivity contribution in [2.75, 3.05) is 12.0 Å². The van der Waals surface area contributed by atoms with E-state index < -0.39 is 0 Å². The first-order valence-electron chi connectivity index (χ1n) is 7.59. The van der Waals surface area contributed by atoms with Gasteiger partial charge in [0.1, 0.15) is 5.82 Å². The van der Waals surface area contributed by atoms with Gasteiger partial charge in [0, 0.05) is 25.7 Å². The van der Waals surface area contributed by atoms with Crippen LogP contribution in [0.4, 0.5) is 5.82 Å². The van der Waals surface area contributed by atoms with Crippen LogP contribution in [0.2, 0.25) is 0 Å². The van der Waals surface area contributed by atoms with Crippen molar-refractivity contribution in [3.05, 3.63) is 23.9 Å². The summed E-state index contributed by atoms with van der Waals surface area (Å²) in [5, 5.41) is 0. The van der Waals surface area contributed by atoms with Gasteiger partial charge < -0.3 is 10.3 Å². The number of hydrogen-bond acceptors (Lipinski definition) is 4. The van der Waals surface area contributed by atoms with Crippen molar-refractivity contribution in [2.24, 2.45) is 17.2 Å². The number of amides is 1. The van der Waals surface area contributed by atoms with Crippen molar-refractivity contribution in [3.63, 3.8) is 0 Å². The number of hydrogen-bond donors (Lipinski definition) is 2. The van der Waals surface area contributed by atoms with Crippen LogP contribution in [-0.2, 0) is 11.3 Å². The van der Waals surface area contributed by atoms with Crippen molar-refractivity contribution in [1.82, 2.24) is 9.88 Å². The fourth-order valence-corrected chi connectivity index (χ4v) is 2.94. The molecular formula is C16H26N4O. The molecule has 1 aromatic heterocycles. The minimum absolute atomic E-state index is 0.251. The Hall–Kier alpha value is -1.62. The molecule has 3 N–H and O–H groups in total. The van der Waals surface area contributed by atoms with Gasteiger partial charge in [-0.1, -0.05) is 20.8 Å². The second-order valence-electron chi connectivity index (χ2n) is 6.90. The first-order valence-corrected chi connectivity index (χ1v) is 7.59. The highest BCUT2D eigenvalue weighted by Crippen LogP contribution is 2.34. The third-order valence-electron chi connectivity index (χ3n) is 4.38. The number of hydrazine groups is 1. The molecular weight excluding hydrogens is 264 g/mol. The molecule has 0 aromatic carbocycles. The Morgan fingerprint density at radius 2 is 2.19 bits per heavy atom. The number of aromatic nitrogens is 1. The smallest absolute Gasteiger partial charge is 0.222 e. The van der Waals surface area contributed by atoms with Gasteiger partial charge >= 0.3 is 0 Å². The van der Waals surface area contributed by atoms with Crippen LogP contribution in [0.3, 0.4) is 0 Å². The number of nitrogens with zero attached hydrogens (tertiary/aromatic N) is 2. The highest BCUT2D eigenvalue weighted by Gasteiger charge is 2.29. The zero-order chi connectivity index (χ0) is 15.5. The van der Waals surface area contributed by atoms with E-state index in [1.165, 1.54) is 0 Å². The number of carbonyl (C=O) groups excluding carboxylic acids is 1. The normalized spacial score (nSPS) is 20.3. The molecule has 2 rings (SSSR count). The predicted octanol–water partition coefficient (Wildman–Crippen LogP) is 2.54. The van der Waals surface area contributed by atoms with Gasteiger partial charge in [0.15, 0.2) is 0 Å². The van der Waals surface area contributed by atoms with Gasteiger partial charge in [-0.2, -0.15) is 0 Å². The van der Waals surface area contributed by atoms with E-state index in [0.29, 0.717) is 24.7 Å². The van der Waals surface area contributed by atoms with Crippen LogP contribution in [0, 0.1) is 11.3 Å². The van der Waals surface area contributed by atoms with E-state index in [2.05, 4.69) is 31.2 Å². The summed E-state index contributed by atoms with van der Waals surface area (Å²) in [6.07, 6.45) is 4.42. The third kappa shape index (κ3) is 4.17. The second-order valence-corrected chi connectivity index (χ2v) is 6.90. The van der Waals surface area contributed by atoms with Crippen LogP contribution < -0.4 is 11.3 Å². The van der Waals surface area contributed by atoms with Crippen LogP contribution in [0.25, 0.3) is 0 Å². The lowest BCUT2D eigenvalue weighted by Gasteiger charge is -2.29. The number of carbonyl (C=O) groups is 1. The van der Waals surface area contributed by atoms with E-state index in [-0.39, 0.29) is 11.3 Å². The molecule has 0 aliphatic carbocycles. The molecule has 5 heteroatoms. The maximum Gasteiger partial charge on any atom is 0.222 e. The van der Waals surface area contributed by atoms with Gasteiger partial charge in [-0.15, -0.1) is 0 Å². The van der Waals surface area contributed by atoms with E-state index in [0.717, 1.165) is 24.9 Å². The van der Waals surface area contributed by atoms with Crippen LogP contribution >= 0.6 is 0 Å². The number of pyridine rings is 1. The Morgan fingerprint density at radius 1 is 1.43 bits per heavy atom. The summed E-state index contributed by atoms with van der Waals surface area (Å²) in [5.74, 6) is 6.86. The Kier molecular flexibility index (Phi) is 4.83. The van der Waals surface area contributed by atoms with E-state index >= 15 is 0 Å². The molecule has 1 aliphatic rings. The molecule has 5 nitrogen and oxygen atoms in total. The summed E-state index contributed by atoms with van der Waals surface area (Å²) in [7, 11) is 0. The summed E-state index contributed by atoms with van der Waals surface area (Å²) in [5.41, 5.74) is 3.86. The highest BCUT2D eigenvalue weighted by atomic mass is 16.2. The van der Waals surface area contributed by atoms with Crippen LogP contribution in [-0.4, -0.2) is 22.3 Å². The summed E-state index contributed by atoms with van der Waals surface area (Å²) >= 11 is 0. The number of likely N-dealkylation sites (tertiary alicyclic amines) is 1. The third-order valence-corrected chi connectivity index (χ3v) is 4.38. The number of nitrogen functional groups attached to an aromatic ring is 1. The van der Waals surface area contributed by atoms with Crippen molar-refractivity contribution >= 4 is 11.7 Å². The molecule has 1 fully saturated rings. The Morgan fingerprint density at radius 3 is 2.86 bits per heavy atom. The lowest BCUT2D eigenvalue weighted by atomic mass is 9.77. The molecule has 1 unspecified atom stereocenters. The molecule has 1 amide bonds. The first-order chi connectivity index (χ1) is 9.90. The highest BCUT2D eigenvalue weighted by molar-refractivity contribution is 5.76. The SMILES string of the molecule is CC(C)(C)C1CCC(=O)N(Cc2ccnc(NN)c2)CC1. The van der Waals surface area contributed by atoms with Gasteiger partial charge in [-0.05, 0) is 41.9 Å². The topological polar surface area (TPSA) is 71.2 Å². The maximum atomic E-state index is 12.3. The summed E-state index contributed by atoms with van der Waals surface area (Å²) < 4.78 is 0. The zero-order valence-corrected chi connectivity index (χ0v) is 13.2. The minimum atomic E-state index is 0.251. The summed E-state index contributed by atoms with van der Waals surface area (Å²) in [6.45, 7) is 8.25. The summed E-state index contributed by atoms with van der Waals surface area (Å²) in [4.78, 5) is 18.4. The van der Waals surface area contributed by atoms with Gasteiger partial charge in [0.05, 0.1) is 0 Å². The average molecular weight is 290 g/mol. The quantitative estimate of drug-likeness (QED) is 0.663. The Labute approximate surface area is 126 Å². The fourth-order valence-electron chi connectivity index (χ4n) is 2.94. The van der Waals surface area contributed by atoms with Crippen LogP contribution in [0.1, 0.15) is 45.6 Å². The molecule has 116 valence electrons. The van der Waals surface area contributed by atoms with Crippen molar-refractivity contribution < 1.29 is 4.79 Å². The predicted molar refractivity (Wildman–Crippen MR) is 84.3 cm³/mol. The number of anilines is 1. The van der Waals surface area contributed by atoms with Crippen LogP contribution in [0.5, 0.6) is 0 Å². The lowest BCUT2D eigenvalue weighted by molar-refractivity contribution is -0.131. The van der Waals surface area contributed by atoms with Crippen molar-refractivity contribution in [2.45, 2.75) is 46.6 Å². The molecule has 1 saturated heterocycles. The summed E-state index contributed by atoms with van der Waals surface area (Å²) in [6, 6.07) is 3.82. The molecule has 0 radical (unpaired) electrons. The monoisotopic (exact) mass is 290 g/mol. The lowest BCUT2D eigenvalue weighted by Crippen LogP contribution is -2.30. The molecule has 1 aromatic rings. The zero-order valence-electron chi connectivity index (χ0n) is 13.2. The molecule has 0 saturated carbocycles. The van der Waals surface area contributed by atoms with E-state index in [1.807, 2.05) is 17.0 Å². The van der Waals surface area contributed by atoms with Crippen LogP contribution in [0.15, 0.2) is 18.3 Å². The Bertz CT molecular complexity index is 495. The average Bonchev–Trinajstić information content (AvgIpc) is 2.62. The first kappa shape index (κ1) is 15.8. The van der Waals surface area contributed by atoms with E-state index in [9.17, 15) is 4.79 Å². The maximum absolute atomic E-state index is 12.3. The van der Waals surface area contributed by atoms with Gasteiger partial charge in [-0.25, -0.2) is 10.8 Å². The van der Waals surface area contributed by atoms with Gasteiger partial charge in [0.2, 0.25) is 5.91 Å². The van der Waals surface area contributed by atoms with Gasteiger partial charge in [0.25, 0.3) is 0 Å². The van der Waals surface area contributed by atoms with Crippen molar-refractivity contribution in [1.29, 1.82) is 0 Å². The molecule has 21 heavy (non-hydrogen) atoms. The standard InChI is InChI=1S/C16H26N4O/c1-16(2,3)13-4-5-15(21)20(9-7-13)11-12-6-8-18-14(10-12)19-17/h6,8,10,13H,4-5,7,9,11,17H2,1-3H3,(H,18,19). The second kappa shape index (κ2) is 6.43. The number of nitrogens with one attached hydrogen (secondary N) is 1. The Balaban J connectivity index is 2.04. The molecule has 0 bridgehead atoms. The molecule has 0 spiro atoms. The van der Waals surface area contributed by atoms with E-state index in [4.69, 9.17) is 5.84 Å².